The smallest absolute Gasteiger partial charge is 0.416 e. The van der Waals surface area contributed by atoms with E-state index in [1.54, 1.807) is 6.08 Å². The molecule has 0 fully saturated rings. The molecule has 1 rings (SSSR count). The Morgan fingerprint density at radius 1 is 1.44 bits per heavy atom. The molecule has 1 aromatic carbocycles. The van der Waals surface area contributed by atoms with E-state index in [0.29, 0.717) is 12.8 Å². The predicted molar refractivity (Wildman–Crippen MR) is 64.4 cm³/mol. The van der Waals surface area contributed by atoms with E-state index in [4.69, 9.17) is 10.5 Å². The Hall–Kier alpha value is -1.49. The van der Waals surface area contributed by atoms with Gasteiger partial charge in [0, 0.05) is 6.04 Å². The quantitative estimate of drug-likeness (QED) is 0.819. The number of halogens is 3. The fourth-order valence-electron chi connectivity index (χ4n) is 1.68. The van der Waals surface area contributed by atoms with Crippen molar-refractivity contribution in [1.82, 2.24) is 0 Å². The average molecular weight is 259 g/mol. The van der Waals surface area contributed by atoms with Gasteiger partial charge in [0.2, 0.25) is 0 Å². The lowest BCUT2D eigenvalue weighted by Gasteiger charge is -2.18. The molecule has 0 spiro atoms. The maximum Gasteiger partial charge on any atom is 0.416 e. The summed E-state index contributed by atoms with van der Waals surface area (Å²) in [5.41, 5.74) is 5.13. The van der Waals surface area contributed by atoms with Gasteiger partial charge in [-0.15, -0.1) is 6.58 Å². The molecule has 0 aliphatic heterocycles. The highest BCUT2D eigenvalue weighted by molar-refractivity contribution is 5.39. The number of ether oxygens (including phenoxy) is 1. The van der Waals surface area contributed by atoms with E-state index in [0.717, 1.165) is 6.07 Å². The van der Waals surface area contributed by atoms with Crippen molar-refractivity contribution in [3.63, 3.8) is 0 Å². The summed E-state index contributed by atoms with van der Waals surface area (Å²) in [4.78, 5) is 0. The van der Waals surface area contributed by atoms with Gasteiger partial charge < -0.3 is 10.5 Å². The van der Waals surface area contributed by atoms with Crippen LogP contribution >= 0.6 is 0 Å². The Morgan fingerprint density at radius 2 is 2.11 bits per heavy atom. The first-order chi connectivity index (χ1) is 8.40. The highest BCUT2D eigenvalue weighted by Gasteiger charge is 2.35. The van der Waals surface area contributed by atoms with Crippen molar-refractivity contribution in [2.75, 3.05) is 7.11 Å². The number of alkyl halides is 3. The molecule has 2 N–H and O–H groups in total. The van der Waals surface area contributed by atoms with Gasteiger partial charge in [-0.3, -0.25) is 0 Å². The van der Waals surface area contributed by atoms with Crippen LogP contribution in [-0.4, -0.2) is 7.11 Å². The SMILES string of the molecule is C=CCC[C@H](N)c1ccc(OC)cc1C(F)(F)F. The zero-order valence-electron chi connectivity index (χ0n) is 10.1. The second kappa shape index (κ2) is 5.91. The first-order valence-corrected chi connectivity index (χ1v) is 5.51. The van der Waals surface area contributed by atoms with E-state index in [1.165, 1.54) is 19.2 Å². The van der Waals surface area contributed by atoms with Crippen molar-refractivity contribution in [1.29, 1.82) is 0 Å². The van der Waals surface area contributed by atoms with Crippen LogP contribution in [0, 0.1) is 0 Å². The van der Waals surface area contributed by atoms with Crippen LogP contribution in [-0.2, 0) is 6.18 Å². The van der Waals surface area contributed by atoms with Crippen LogP contribution < -0.4 is 10.5 Å². The third-order valence-corrected chi connectivity index (χ3v) is 2.65. The van der Waals surface area contributed by atoms with Gasteiger partial charge in [0.15, 0.2) is 0 Å². The van der Waals surface area contributed by atoms with Crippen LogP contribution in [0.1, 0.15) is 30.0 Å². The molecule has 0 aliphatic rings. The Labute approximate surface area is 104 Å². The minimum atomic E-state index is -4.43. The van der Waals surface area contributed by atoms with E-state index < -0.39 is 17.8 Å². The van der Waals surface area contributed by atoms with Crippen LogP contribution in [0.15, 0.2) is 30.9 Å². The van der Waals surface area contributed by atoms with E-state index in [2.05, 4.69) is 6.58 Å². The number of hydrogen-bond acceptors (Lipinski definition) is 2. The Bertz CT molecular complexity index is 415. The molecule has 5 heteroatoms. The zero-order valence-corrected chi connectivity index (χ0v) is 10.1. The fraction of sp³-hybridized carbons (Fsp3) is 0.385. The van der Waals surface area contributed by atoms with Gasteiger partial charge in [-0.05, 0) is 30.5 Å². The second-order valence-corrected chi connectivity index (χ2v) is 3.92. The Kier molecular flexibility index (Phi) is 4.78. The third kappa shape index (κ3) is 3.50. The van der Waals surface area contributed by atoms with Crippen LogP contribution in [0.5, 0.6) is 5.75 Å². The van der Waals surface area contributed by atoms with Gasteiger partial charge in [-0.25, -0.2) is 0 Å². The molecule has 0 saturated heterocycles. The zero-order chi connectivity index (χ0) is 13.8. The number of benzene rings is 1. The molecule has 0 bridgehead atoms. The van der Waals surface area contributed by atoms with Crippen molar-refractivity contribution >= 4 is 0 Å². The molecule has 0 unspecified atom stereocenters. The lowest BCUT2D eigenvalue weighted by molar-refractivity contribution is -0.138. The predicted octanol–water partition coefficient (Wildman–Crippen LogP) is 3.68. The van der Waals surface area contributed by atoms with Gasteiger partial charge in [0.25, 0.3) is 0 Å². The third-order valence-electron chi connectivity index (χ3n) is 2.65. The summed E-state index contributed by atoms with van der Waals surface area (Å²) in [6, 6.07) is 3.17. The number of allylic oxidation sites excluding steroid dienone is 1. The summed E-state index contributed by atoms with van der Waals surface area (Å²) in [6.45, 7) is 3.53. The minimum absolute atomic E-state index is 0.0881. The molecular formula is C13H16F3NO. The highest BCUT2D eigenvalue weighted by atomic mass is 19.4. The standard InChI is InChI=1S/C13H16F3NO/c1-3-4-5-12(17)10-7-6-9(18-2)8-11(10)13(14,15)16/h3,6-8,12H,1,4-5,17H2,2H3/t12-/m0/s1. The van der Waals surface area contributed by atoms with Gasteiger partial charge in [-0.1, -0.05) is 12.1 Å². The van der Waals surface area contributed by atoms with E-state index in [1.807, 2.05) is 0 Å². The minimum Gasteiger partial charge on any atom is -0.497 e. The van der Waals surface area contributed by atoms with E-state index in [9.17, 15) is 13.2 Å². The largest absolute Gasteiger partial charge is 0.497 e. The normalized spacial score (nSPS) is 13.2. The van der Waals surface area contributed by atoms with Crippen molar-refractivity contribution < 1.29 is 17.9 Å². The molecule has 0 aromatic heterocycles. The molecule has 2 nitrogen and oxygen atoms in total. The second-order valence-electron chi connectivity index (χ2n) is 3.92. The maximum atomic E-state index is 12.9. The molecule has 0 saturated carbocycles. The molecule has 0 radical (unpaired) electrons. The molecule has 0 heterocycles. The summed E-state index contributed by atoms with van der Waals surface area (Å²) in [6.07, 6.45) is -1.80. The topological polar surface area (TPSA) is 35.2 Å². The summed E-state index contributed by atoms with van der Waals surface area (Å²) < 4.78 is 43.6. The Morgan fingerprint density at radius 3 is 2.61 bits per heavy atom. The molecule has 0 aliphatic carbocycles. The molecular weight excluding hydrogens is 243 g/mol. The molecule has 1 atom stereocenters. The van der Waals surface area contributed by atoms with Crippen molar-refractivity contribution in [3.8, 4) is 5.75 Å². The molecule has 0 amide bonds. The first-order valence-electron chi connectivity index (χ1n) is 5.51. The maximum absolute atomic E-state index is 12.9. The summed E-state index contributed by atoms with van der Waals surface area (Å²) >= 11 is 0. The van der Waals surface area contributed by atoms with Crippen molar-refractivity contribution in [2.24, 2.45) is 5.73 Å². The van der Waals surface area contributed by atoms with Crippen LogP contribution in [0.2, 0.25) is 0 Å². The van der Waals surface area contributed by atoms with E-state index in [-0.39, 0.29) is 11.3 Å². The van der Waals surface area contributed by atoms with Gasteiger partial charge in [-0.2, -0.15) is 13.2 Å². The summed E-state index contributed by atoms with van der Waals surface area (Å²) in [5, 5.41) is 0. The fourth-order valence-corrected chi connectivity index (χ4v) is 1.68. The monoisotopic (exact) mass is 259 g/mol. The van der Waals surface area contributed by atoms with Gasteiger partial charge in [0.05, 0.1) is 12.7 Å². The summed E-state index contributed by atoms with van der Waals surface area (Å²) in [5.74, 6) is 0.169. The summed E-state index contributed by atoms with van der Waals surface area (Å²) in [7, 11) is 1.33. The van der Waals surface area contributed by atoms with E-state index >= 15 is 0 Å². The molecule has 18 heavy (non-hydrogen) atoms. The number of hydrogen-bond donors (Lipinski definition) is 1. The number of methoxy groups -OCH3 is 1. The molecule has 100 valence electrons. The average Bonchev–Trinajstić information content (AvgIpc) is 2.34. The lowest BCUT2D eigenvalue weighted by atomic mass is 9.97. The van der Waals surface area contributed by atoms with Gasteiger partial charge in [0.1, 0.15) is 5.75 Å². The number of rotatable bonds is 5. The van der Waals surface area contributed by atoms with Crippen molar-refractivity contribution in [2.45, 2.75) is 25.1 Å². The van der Waals surface area contributed by atoms with Crippen LogP contribution in [0.4, 0.5) is 13.2 Å². The lowest BCUT2D eigenvalue weighted by Crippen LogP contribution is -2.17. The molecule has 1 aromatic rings. The number of nitrogens with two attached hydrogens (primary N) is 1. The van der Waals surface area contributed by atoms with Crippen molar-refractivity contribution in [3.05, 3.63) is 42.0 Å². The van der Waals surface area contributed by atoms with Crippen LogP contribution in [0.25, 0.3) is 0 Å². The van der Waals surface area contributed by atoms with Crippen LogP contribution in [0.3, 0.4) is 0 Å². The van der Waals surface area contributed by atoms with Gasteiger partial charge >= 0.3 is 6.18 Å². The first kappa shape index (κ1) is 14.6. The Balaban J connectivity index is 3.13. The highest BCUT2D eigenvalue weighted by Crippen LogP contribution is 2.37.